The topological polar surface area (TPSA) is 38.7 Å². The van der Waals surface area contributed by atoms with E-state index in [0.29, 0.717) is 0 Å². The summed E-state index contributed by atoms with van der Waals surface area (Å²) in [6.07, 6.45) is 4.10. The average molecular weight is 236 g/mol. The Morgan fingerprint density at radius 3 is 2.88 bits per heavy atom. The third-order valence-corrected chi connectivity index (χ3v) is 3.36. The van der Waals surface area contributed by atoms with Gasteiger partial charge in [-0.25, -0.2) is 0 Å². The molecule has 1 saturated carbocycles. The van der Waals surface area contributed by atoms with Gasteiger partial charge in [-0.05, 0) is 30.5 Å². The molecule has 0 bridgehead atoms. The standard InChI is InChI=1S/C14H20O3/c1-16-10-17-12-6-4-5-11(9-12)13-7-2-3-8-14(13)15/h4-6,9,13-15H,2-3,7-8,10H2,1H3/t13-,14+/m1/s1. The van der Waals surface area contributed by atoms with Crippen molar-refractivity contribution in [1.82, 2.24) is 0 Å². The number of hydrogen-bond acceptors (Lipinski definition) is 3. The van der Waals surface area contributed by atoms with Crippen molar-refractivity contribution >= 4 is 0 Å². The van der Waals surface area contributed by atoms with Gasteiger partial charge in [-0.2, -0.15) is 0 Å². The van der Waals surface area contributed by atoms with Gasteiger partial charge in [0.1, 0.15) is 5.75 Å². The van der Waals surface area contributed by atoms with Crippen molar-refractivity contribution in [2.75, 3.05) is 13.9 Å². The highest BCUT2D eigenvalue weighted by atomic mass is 16.7. The summed E-state index contributed by atoms with van der Waals surface area (Å²) in [7, 11) is 1.61. The third-order valence-electron chi connectivity index (χ3n) is 3.36. The molecule has 1 aliphatic carbocycles. The van der Waals surface area contributed by atoms with E-state index in [9.17, 15) is 5.11 Å². The van der Waals surface area contributed by atoms with Crippen molar-refractivity contribution in [3.05, 3.63) is 29.8 Å². The summed E-state index contributed by atoms with van der Waals surface area (Å²) in [5.41, 5.74) is 1.17. The predicted octanol–water partition coefficient (Wildman–Crippen LogP) is 2.69. The molecule has 1 N–H and O–H groups in total. The molecule has 0 spiro atoms. The van der Waals surface area contributed by atoms with Crippen molar-refractivity contribution in [2.45, 2.75) is 37.7 Å². The lowest BCUT2D eigenvalue weighted by molar-refractivity contribution is 0.0509. The predicted molar refractivity (Wildman–Crippen MR) is 66.2 cm³/mol. The zero-order valence-corrected chi connectivity index (χ0v) is 10.3. The lowest BCUT2D eigenvalue weighted by atomic mass is 9.82. The fraction of sp³-hybridized carbons (Fsp3) is 0.571. The summed E-state index contributed by atoms with van der Waals surface area (Å²) in [6.45, 7) is 0.261. The fourth-order valence-electron chi connectivity index (χ4n) is 2.46. The highest BCUT2D eigenvalue weighted by Gasteiger charge is 2.24. The zero-order chi connectivity index (χ0) is 12.1. The molecular weight excluding hydrogens is 216 g/mol. The molecule has 2 rings (SSSR count). The van der Waals surface area contributed by atoms with Crippen molar-refractivity contribution in [3.63, 3.8) is 0 Å². The van der Waals surface area contributed by atoms with E-state index in [0.717, 1.165) is 25.0 Å². The van der Waals surface area contributed by atoms with E-state index in [1.54, 1.807) is 7.11 Å². The van der Waals surface area contributed by atoms with Crippen LogP contribution < -0.4 is 4.74 Å². The van der Waals surface area contributed by atoms with Gasteiger partial charge < -0.3 is 14.6 Å². The summed E-state index contributed by atoms with van der Waals surface area (Å²) < 4.78 is 10.3. The Labute approximate surface area is 102 Å². The van der Waals surface area contributed by atoms with Crippen LogP contribution in [0.3, 0.4) is 0 Å². The molecule has 3 heteroatoms. The molecule has 1 fully saturated rings. The van der Waals surface area contributed by atoms with E-state index >= 15 is 0 Å². The number of hydrogen-bond donors (Lipinski definition) is 1. The molecule has 0 saturated heterocycles. The van der Waals surface area contributed by atoms with Crippen LogP contribution in [0, 0.1) is 0 Å². The monoisotopic (exact) mass is 236 g/mol. The van der Waals surface area contributed by atoms with E-state index in [2.05, 4.69) is 6.07 Å². The second-order valence-corrected chi connectivity index (χ2v) is 4.58. The molecule has 2 atom stereocenters. The average Bonchev–Trinajstić information content (AvgIpc) is 2.37. The molecule has 17 heavy (non-hydrogen) atoms. The minimum absolute atomic E-state index is 0.207. The van der Waals surface area contributed by atoms with Gasteiger partial charge in [0.25, 0.3) is 0 Å². The molecule has 0 aromatic heterocycles. The maximum Gasteiger partial charge on any atom is 0.188 e. The molecular formula is C14H20O3. The first-order valence-electron chi connectivity index (χ1n) is 6.21. The summed E-state index contributed by atoms with van der Waals surface area (Å²) in [5.74, 6) is 1.07. The molecule has 1 aromatic rings. The van der Waals surface area contributed by atoms with Gasteiger partial charge in [0.15, 0.2) is 6.79 Å². The van der Waals surface area contributed by atoms with Crippen molar-refractivity contribution in [3.8, 4) is 5.75 Å². The van der Waals surface area contributed by atoms with Gasteiger partial charge >= 0.3 is 0 Å². The van der Waals surface area contributed by atoms with Gasteiger partial charge in [0.05, 0.1) is 6.10 Å². The normalized spacial score (nSPS) is 24.6. The van der Waals surface area contributed by atoms with E-state index < -0.39 is 0 Å². The second kappa shape index (κ2) is 6.03. The first kappa shape index (κ1) is 12.4. The fourth-order valence-corrected chi connectivity index (χ4v) is 2.46. The van der Waals surface area contributed by atoms with Gasteiger partial charge in [0, 0.05) is 13.0 Å². The van der Waals surface area contributed by atoms with Crippen LogP contribution in [0.1, 0.15) is 37.2 Å². The minimum Gasteiger partial charge on any atom is -0.468 e. The maximum absolute atomic E-state index is 10.0. The Morgan fingerprint density at radius 1 is 1.29 bits per heavy atom. The van der Waals surface area contributed by atoms with Crippen LogP contribution in [0.4, 0.5) is 0 Å². The summed E-state index contributed by atoms with van der Waals surface area (Å²) in [5, 5.41) is 10.0. The Balaban J connectivity index is 2.08. The van der Waals surface area contributed by atoms with Gasteiger partial charge in [-0.1, -0.05) is 25.0 Å². The van der Waals surface area contributed by atoms with Gasteiger partial charge in [-0.3, -0.25) is 0 Å². The van der Waals surface area contributed by atoms with Crippen LogP contribution in [0.25, 0.3) is 0 Å². The number of aliphatic hydroxyl groups is 1. The van der Waals surface area contributed by atoms with E-state index in [-0.39, 0.29) is 18.8 Å². The number of methoxy groups -OCH3 is 1. The lowest BCUT2D eigenvalue weighted by Gasteiger charge is -2.28. The minimum atomic E-state index is -0.207. The second-order valence-electron chi connectivity index (χ2n) is 4.58. The molecule has 0 aliphatic heterocycles. The van der Waals surface area contributed by atoms with E-state index in [1.807, 2.05) is 18.2 Å². The Bertz CT molecular complexity index is 351. The Hall–Kier alpha value is -1.06. The first-order valence-corrected chi connectivity index (χ1v) is 6.21. The maximum atomic E-state index is 10.0. The van der Waals surface area contributed by atoms with Crippen LogP contribution in [0.5, 0.6) is 5.75 Å². The van der Waals surface area contributed by atoms with Gasteiger partial charge in [0.2, 0.25) is 0 Å². The lowest BCUT2D eigenvalue weighted by Crippen LogP contribution is -2.22. The third kappa shape index (κ3) is 3.20. The van der Waals surface area contributed by atoms with Crippen LogP contribution >= 0.6 is 0 Å². The molecule has 0 heterocycles. The summed E-state index contributed by atoms with van der Waals surface area (Å²) in [4.78, 5) is 0. The highest BCUT2D eigenvalue weighted by molar-refractivity contribution is 5.31. The number of aliphatic hydroxyl groups excluding tert-OH is 1. The van der Waals surface area contributed by atoms with Crippen LogP contribution in [0.15, 0.2) is 24.3 Å². The summed E-state index contributed by atoms with van der Waals surface area (Å²) in [6, 6.07) is 7.97. The molecule has 94 valence electrons. The number of ether oxygens (including phenoxy) is 2. The van der Waals surface area contributed by atoms with Crippen molar-refractivity contribution < 1.29 is 14.6 Å². The first-order chi connectivity index (χ1) is 8.31. The van der Waals surface area contributed by atoms with Gasteiger partial charge in [-0.15, -0.1) is 0 Å². The molecule has 0 unspecified atom stereocenters. The number of rotatable bonds is 4. The number of benzene rings is 1. The molecule has 1 aromatic carbocycles. The largest absolute Gasteiger partial charge is 0.468 e. The van der Waals surface area contributed by atoms with E-state index in [4.69, 9.17) is 9.47 Å². The van der Waals surface area contributed by atoms with Crippen molar-refractivity contribution in [2.24, 2.45) is 0 Å². The molecule has 0 amide bonds. The SMILES string of the molecule is COCOc1cccc([C@H]2CCCC[C@@H]2O)c1. The summed E-state index contributed by atoms with van der Waals surface area (Å²) >= 11 is 0. The van der Waals surface area contributed by atoms with Crippen LogP contribution in [-0.2, 0) is 4.74 Å². The quantitative estimate of drug-likeness (QED) is 0.817. The van der Waals surface area contributed by atoms with Crippen molar-refractivity contribution in [1.29, 1.82) is 0 Å². The smallest absolute Gasteiger partial charge is 0.188 e. The Morgan fingerprint density at radius 2 is 2.12 bits per heavy atom. The Kier molecular flexibility index (Phi) is 4.40. The van der Waals surface area contributed by atoms with Crippen LogP contribution in [-0.4, -0.2) is 25.1 Å². The molecule has 3 nitrogen and oxygen atoms in total. The zero-order valence-electron chi connectivity index (χ0n) is 10.3. The highest BCUT2D eigenvalue weighted by Crippen LogP contribution is 2.34. The van der Waals surface area contributed by atoms with E-state index in [1.165, 1.54) is 12.0 Å². The molecule has 1 aliphatic rings. The van der Waals surface area contributed by atoms with Crippen LogP contribution in [0.2, 0.25) is 0 Å². The molecule has 0 radical (unpaired) electrons.